The van der Waals surface area contributed by atoms with Crippen molar-refractivity contribution in [2.24, 2.45) is 0 Å². The summed E-state index contributed by atoms with van der Waals surface area (Å²) in [4.78, 5) is 49.2. The maximum atomic E-state index is 12.4. The first-order valence-corrected chi connectivity index (χ1v) is 8.43. The Morgan fingerprint density at radius 2 is 1.78 bits per heavy atom. The molecule has 3 amide bonds. The summed E-state index contributed by atoms with van der Waals surface area (Å²) in [7, 11) is 1.28. The van der Waals surface area contributed by atoms with Crippen molar-refractivity contribution in [2.45, 2.75) is 6.42 Å². The molecule has 0 aromatic heterocycles. The molecule has 138 valence electrons. The lowest BCUT2D eigenvalue weighted by molar-refractivity contribution is -0.116. The van der Waals surface area contributed by atoms with E-state index in [1.165, 1.54) is 25.3 Å². The Morgan fingerprint density at radius 3 is 2.41 bits per heavy atom. The standard InChI is InChI=1S/C19H15ClN2O5/c1-27-19(26)11-5-7-12(8-6-11)21-15(23)9-10-22-17(24)13-3-2-4-14(20)16(13)18(22)25/h2-8H,9-10H2,1H3,(H,21,23). The number of hydrogen-bond acceptors (Lipinski definition) is 5. The number of carbonyl (C=O) groups excluding carboxylic acids is 4. The van der Waals surface area contributed by atoms with Gasteiger partial charge in [-0.15, -0.1) is 0 Å². The average Bonchev–Trinajstić information content (AvgIpc) is 2.91. The number of hydrogen-bond donors (Lipinski definition) is 1. The van der Waals surface area contributed by atoms with Crippen LogP contribution < -0.4 is 5.32 Å². The number of ether oxygens (including phenoxy) is 1. The summed E-state index contributed by atoms with van der Waals surface area (Å²) >= 11 is 6.00. The van der Waals surface area contributed by atoms with E-state index in [0.29, 0.717) is 11.3 Å². The van der Waals surface area contributed by atoms with Crippen LogP contribution in [0.4, 0.5) is 5.69 Å². The highest BCUT2D eigenvalue weighted by Crippen LogP contribution is 2.29. The SMILES string of the molecule is COC(=O)c1ccc(NC(=O)CCN2C(=O)c3cccc(Cl)c3C2=O)cc1. The highest BCUT2D eigenvalue weighted by molar-refractivity contribution is 6.37. The van der Waals surface area contributed by atoms with Crippen LogP contribution in [0.3, 0.4) is 0 Å². The Hall–Kier alpha value is -3.19. The molecular formula is C19H15ClN2O5. The zero-order valence-electron chi connectivity index (χ0n) is 14.3. The van der Waals surface area contributed by atoms with Gasteiger partial charge in [-0.2, -0.15) is 0 Å². The van der Waals surface area contributed by atoms with E-state index >= 15 is 0 Å². The van der Waals surface area contributed by atoms with Crippen LogP contribution in [0.1, 0.15) is 37.5 Å². The number of nitrogens with zero attached hydrogens (tertiary/aromatic N) is 1. The van der Waals surface area contributed by atoms with Crippen LogP contribution in [-0.2, 0) is 9.53 Å². The van der Waals surface area contributed by atoms with E-state index < -0.39 is 17.8 Å². The van der Waals surface area contributed by atoms with Crippen molar-refractivity contribution in [3.63, 3.8) is 0 Å². The number of esters is 1. The van der Waals surface area contributed by atoms with Crippen LogP contribution in [-0.4, -0.2) is 42.2 Å². The maximum absolute atomic E-state index is 12.4. The second-order valence-electron chi connectivity index (χ2n) is 5.79. The van der Waals surface area contributed by atoms with Gasteiger partial charge in [-0.1, -0.05) is 17.7 Å². The van der Waals surface area contributed by atoms with Gasteiger partial charge in [-0.05, 0) is 36.4 Å². The van der Waals surface area contributed by atoms with Crippen molar-refractivity contribution in [3.05, 3.63) is 64.2 Å². The van der Waals surface area contributed by atoms with E-state index in [4.69, 9.17) is 11.6 Å². The Bertz CT molecular complexity index is 940. The Morgan fingerprint density at radius 1 is 1.07 bits per heavy atom. The lowest BCUT2D eigenvalue weighted by Gasteiger charge is -2.13. The lowest BCUT2D eigenvalue weighted by Crippen LogP contribution is -2.32. The van der Waals surface area contributed by atoms with Crippen LogP contribution >= 0.6 is 11.6 Å². The number of benzene rings is 2. The van der Waals surface area contributed by atoms with Crippen molar-refractivity contribution >= 4 is 41.0 Å². The van der Waals surface area contributed by atoms with Crippen LogP contribution in [0.2, 0.25) is 5.02 Å². The third-order valence-corrected chi connectivity index (χ3v) is 4.42. The number of methoxy groups -OCH3 is 1. The Balaban J connectivity index is 1.60. The van der Waals surface area contributed by atoms with E-state index in [0.717, 1.165) is 4.90 Å². The molecule has 0 saturated carbocycles. The minimum Gasteiger partial charge on any atom is -0.465 e. The fourth-order valence-corrected chi connectivity index (χ4v) is 3.00. The molecule has 0 fully saturated rings. The molecular weight excluding hydrogens is 372 g/mol. The van der Waals surface area contributed by atoms with E-state index in [2.05, 4.69) is 10.1 Å². The minimum absolute atomic E-state index is 0.0608. The molecule has 3 rings (SSSR count). The summed E-state index contributed by atoms with van der Waals surface area (Å²) in [5.41, 5.74) is 1.26. The number of anilines is 1. The van der Waals surface area contributed by atoms with E-state index in [1.807, 2.05) is 0 Å². The second-order valence-corrected chi connectivity index (χ2v) is 6.20. The number of carbonyl (C=O) groups is 4. The van der Waals surface area contributed by atoms with E-state index in [1.54, 1.807) is 24.3 Å². The molecule has 0 bridgehead atoms. The molecule has 0 saturated heterocycles. The number of halogens is 1. The van der Waals surface area contributed by atoms with Crippen LogP contribution in [0.25, 0.3) is 0 Å². The molecule has 1 aliphatic heterocycles. The van der Waals surface area contributed by atoms with Gasteiger partial charge in [0.15, 0.2) is 0 Å². The number of amides is 3. The van der Waals surface area contributed by atoms with E-state index in [9.17, 15) is 19.2 Å². The van der Waals surface area contributed by atoms with Crippen molar-refractivity contribution in [1.29, 1.82) is 0 Å². The van der Waals surface area contributed by atoms with Gasteiger partial charge in [-0.3, -0.25) is 19.3 Å². The van der Waals surface area contributed by atoms with Crippen molar-refractivity contribution < 1.29 is 23.9 Å². The molecule has 2 aromatic rings. The van der Waals surface area contributed by atoms with Crippen molar-refractivity contribution in [1.82, 2.24) is 4.90 Å². The first-order chi connectivity index (χ1) is 12.9. The van der Waals surface area contributed by atoms with Crippen LogP contribution in [0.5, 0.6) is 0 Å². The van der Waals surface area contributed by atoms with Gasteiger partial charge in [0.25, 0.3) is 11.8 Å². The highest BCUT2D eigenvalue weighted by Gasteiger charge is 2.37. The second kappa shape index (κ2) is 7.59. The molecule has 8 heteroatoms. The third kappa shape index (κ3) is 3.68. The van der Waals surface area contributed by atoms with Gasteiger partial charge in [0.2, 0.25) is 5.91 Å². The lowest BCUT2D eigenvalue weighted by atomic mass is 10.1. The van der Waals surface area contributed by atoms with Crippen molar-refractivity contribution in [2.75, 3.05) is 19.0 Å². The predicted molar refractivity (Wildman–Crippen MR) is 97.8 cm³/mol. The molecule has 0 radical (unpaired) electrons. The minimum atomic E-state index is -0.504. The molecule has 7 nitrogen and oxygen atoms in total. The molecule has 0 atom stereocenters. The summed E-state index contributed by atoms with van der Waals surface area (Å²) in [6, 6.07) is 10.8. The summed E-state index contributed by atoms with van der Waals surface area (Å²) in [5, 5.41) is 2.86. The smallest absolute Gasteiger partial charge is 0.337 e. The van der Waals surface area contributed by atoms with Crippen LogP contribution in [0.15, 0.2) is 42.5 Å². The molecule has 0 aliphatic carbocycles. The number of nitrogens with one attached hydrogen (secondary N) is 1. The van der Waals surface area contributed by atoms with Crippen molar-refractivity contribution in [3.8, 4) is 0 Å². The molecule has 27 heavy (non-hydrogen) atoms. The number of rotatable bonds is 5. The highest BCUT2D eigenvalue weighted by atomic mass is 35.5. The topological polar surface area (TPSA) is 92.8 Å². The first-order valence-electron chi connectivity index (χ1n) is 8.05. The largest absolute Gasteiger partial charge is 0.465 e. The summed E-state index contributed by atoms with van der Waals surface area (Å²) in [6.07, 6.45) is -0.0676. The monoisotopic (exact) mass is 386 g/mol. The summed E-state index contributed by atoms with van der Waals surface area (Å²) in [6.45, 7) is -0.0608. The fourth-order valence-electron chi connectivity index (χ4n) is 2.74. The molecule has 1 aliphatic rings. The average molecular weight is 387 g/mol. The molecule has 1 N–H and O–H groups in total. The first kappa shape index (κ1) is 18.6. The summed E-state index contributed by atoms with van der Waals surface area (Å²) in [5.74, 6) is -1.82. The van der Waals surface area contributed by atoms with Gasteiger partial charge < -0.3 is 10.1 Å². The number of fused-ring (bicyclic) bond motifs is 1. The fraction of sp³-hybridized carbons (Fsp3) is 0.158. The Labute approximate surface area is 159 Å². The van der Waals surface area contributed by atoms with E-state index in [-0.39, 0.29) is 35.0 Å². The van der Waals surface area contributed by atoms with Gasteiger partial charge in [0, 0.05) is 18.7 Å². The van der Waals surface area contributed by atoms with Gasteiger partial charge in [0.1, 0.15) is 0 Å². The van der Waals surface area contributed by atoms with Gasteiger partial charge >= 0.3 is 5.97 Å². The maximum Gasteiger partial charge on any atom is 0.337 e. The molecule has 1 heterocycles. The normalized spacial score (nSPS) is 12.7. The quantitative estimate of drug-likeness (QED) is 0.630. The van der Waals surface area contributed by atoms with Crippen LogP contribution in [0, 0.1) is 0 Å². The van der Waals surface area contributed by atoms with Gasteiger partial charge in [0.05, 0.1) is 28.8 Å². The Kier molecular flexibility index (Phi) is 5.23. The zero-order valence-corrected chi connectivity index (χ0v) is 15.1. The van der Waals surface area contributed by atoms with Gasteiger partial charge in [-0.25, -0.2) is 4.79 Å². The molecule has 0 spiro atoms. The zero-order chi connectivity index (χ0) is 19.6. The molecule has 2 aromatic carbocycles. The molecule has 0 unspecified atom stereocenters. The predicted octanol–water partition coefficient (Wildman–Crippen LogP) is 2.75. The number of imide groups is 1. The summed E-state index contributed by atoms with van der Waals surface area (Å²) < 4.78 is 4.60. The third-order valence-electron chi connectivity index (χ3n) is 4.10.